The smallest absolute Gasteiger partial charge is 0.145 e. The summed E-state index contributed by atoms with van der Waals surface area (Å²) in [7, 11) is 0. The van der Waals surface area contributed by atoms with E-state index in [1.807, 2.05) is 6.07 Å². The van der Waals surface area contributed by atoms with Crippen molar-refractivity contribution < 1.29 is 0 Å². The lowest BCUT2D eigenvalue weighted by molar-refractivity contribution is 0.192. The fraction of sp³-hybridized carbons (Fsp3) is 0.615. The van der Waals surface area contributed by atoms with Gasteiger partial charge in [-0.25, -0.2) is 4.98 Å². The van der Waals surface area contributed by atoms with Gasteiger partial charge in [0.1, 0.15) is 5.82 Å². The molecule has 0 aromatic carbocycles. The molecule has 0 radical (unpaired) electrons. The highest BCUT2D eigenvalue weighted by atomic mass is 79.9. The minimum absolute atomic E-state index is 0.497. The number of rotatable bonds is 2. The van der Waals surface area contributed by atoms with E-state index >= 15 is 0 Å². The molecule has 0 saturated carbocycles. The number of fused-ring (bicyclic) bond motifs is 1. The summed E-state index contributed by atoms with van der Waals surface area (Å²) in [6.07, 6.45) is 6.98. The van der Waals surface area contributed by atoms with Gasteiger partial charge < -0.3 is 5.32 Å². The van der Waals surface area contributed by atoms with Crippen LogP contribution in [0.25, 0.3) is 0 Å². The molecular formula is C13H17BrClN3. The van der Waals surface area contributed by atoms with Crippen LogP contribution in [0.15, 0.2) is 16.7 Å². The summed E-state index contributed by atoms with van der Waals surface area (Å²) in [4.78, 5) is 6.98. The minimum Gasteiger partial charge on any atom is -0.364 e. The molecule has 3 heterocycles. The van der Waals surface area contributed by atoms with Crippen LogP contribution in [0.5, 0.6) is 0 Å². The van der Waals surface area contributed by atoms with E-state index in [1.54, 1.807) is 6.20 Å². The van der Waals surface area contributed by atoms with Crippen LogP contribution in [-0.2, 0) is 0 Å². The maximum Gasteiger partial charge on any atom is 0.145 e. The SMILES string of the molecule is Clc1cc(Br)cnc1NC1CCN2CCCCC12. The highest BCUT2D eigenvalue weighted by Gasteiger charge is 2.35. The highest BCUT2D eigenvalue weighted by Crippen LogP contribution is 2.31. The Bertz CT molecular complexity index is 440. The Hall–Kier alpha value is -0.320. The van der Waals surface area contributed by atoms with E-state index in [2.05, 4.69) is 31.1 Å². The number of hydrogen-bond donors (Lipinski definition) is 1. The number of pyridine rings is 1. The number of piperidine rings is 1. The maximum absolute atomic E-state index is 6.21. The molecule has 2 atom stereocenters. The van der Waals surface area contributed by atoms with Crippen LogP contribution >= 0.6 is 27.5 Å². The Kier molecular flexibility index (Phi) is 3.78. The average Bonchev–Trinajstić information content (AvgIpc) is 2.76. The zero-order chi connectivity index (χ0) is 12.5. The van der Waals surface area contributed by atoms with Crippen molar-refractivity contribution >= 4 is 33.3 Å². The van der Waals surface area contributed by atoms with Gasteiger partial charge in [0.25, 0.3) is 0 Å². The molecule has 2 fully saturated rings. The predicted molar refractivity (Wildman–Crippen MR) is 78.2 cm³/mol. The number of aromatic nitrogens is 1. The number of halogens is 2. The van der Waals surface area contributed by atoms with Crippen molar-refractivity contribution in [2.75, 3.05) is 18.4 Å². The molecule has 2 saturated heterocycles. The lowest BCUT2D eigenvalue weighted by Gasteiger charge is -2.32. The summed E-state index contributed by atoms with van der Waals surface area (Å²) in [5, 5.41) is 4.22. The molecule has 0 bridgehead atoms. The molecule has 0 amide bonds. The molecule has 0 spiro atoms. The maximum atomic E-state index is 6.21. The molecule has 2 aliphatic heterocycles. The molecule has 5 heteroatoms. The molecule has 18 heavy (non-hydrogen) atoms. The largest absolute Gasteiger partial charge is 0.364 e. The van der Waals surface area contributed by atoms with Crippen molar-refractivity contribution in [3.8, 4) is 0 Å². The first kappa shape index (κ1) is 12.7. The Morgan fingerprint density at radius 2 is 2.22 bits per heavy atom. The Balaban J connectivity index is 1.72. The number of hydrogen-bond acceptors (Lipinski definition) is 3. The van der Waals surface area contributed by atoms with Gasteiger partial charge >= 0.3 is 0 Å². The zero-order valence-electron chi connectivity index (χ0n) is 10.2. The normalized spacial score (nSPS) is 28.1. The number of nitrogens with zero attached hydrogens (tertiary/aromatic N) is 2. The zero-order valence-corrected chi connectivity index (χ0v) is 12.5. The van der Waals surface area contributed by atoms with Gasteiger partial charge in [0, 0.05) is 29.3 Å². The predicted octanol–water partition coefficient (Wildman–Crippen LogP) is 3.54. The molecule has 3 nitrogen and oxygen atoms in total. The van der Waals surface area contributed by atoms with Crippen molar-refractivity contribution in [1.82, 2.24) is 9.88 Å². The van der Waals surface area contributed by atoms with Gasteiger partial charge in [0.05, 0.1) is 5.02 Å². The summed E-state index contributed by atoms with van der Waals surface area (Å²) in [6, 6.07) is 3.06. The molecule has 1 N–H and O–H groups in total. The van der Waals surface area contributed by atoms with Crippen molar-refractivity contribution in [3.63, 3.8) is 0 Å². The summed E-state index contributed by atoms with van der Waals surface area (Å²) in [5.74, 6) is 0.817. The molecule has 1 aromatic heterocycles. The highest BCUT2D eigenvalue weighted by molar-refractivity contribution is 9.10. The Labute approximate surface area is 121 Å². The van der Waals surface area contributed by atoms with E-state index < -0.39 is 0 Å². The van der Waals surface area contributed by atoms with Crippen LogP contribution in [0.4, 0.5) is 5.82 Å². The Morgan fingerprint density at radius 3 is 3.06 bits per heavy atom. The van der Waals surface area contributed by atoms with Gasteiger partial charge in [-0.15, -0.1) is 0 Å². The van der Waals surface area contributed by atoms with E-state index in [0.29, 0.717) is 17.1 Å². The third-order valence-electron chi connectivity index (χ3n) is 3.99. The van der Waals surface area contributed by atoms with E-state index in [1.165, 1.54) is 38.8 Å². The fourth-order valence-corrected chi connectivity index (χ4v) is 3.80. The van der Waals surface area contributed by atoms with Crippen LogP contribution in [0, 0.1) is 0 Å². The fourth-order valence-electron chi connectivity index (χ4n) is 3.11. The Morgan fingerprint density at radius 1 is 1.33 bits per heavy atom. The topological polar surface area (TPSA) is 28.2 Å². The first-order chi connectivity index (χ1) is 8.74. The quantitative estimate of drug-likeness (QED) is 0.899. The standard InChI is InChI=1S/C13H17BrClN3/c14-9-7-10(15)13(16-8-9)17-11-4-6-18-5-2-1-3-12(11)18/h7-8,11-12H,1-6H2,(H,16,17). The van der Waals surface area contributed by atoms with Crippen LogP contribution in [0.2, 0.25) is 5.02 Å². The van der Waals surface area contributed by atoms with Crippen LogP contribution in [0.3, 0.4) is 0 Å². The van der Waals surface area contributed by atoms with Crippen LogP contribution in [-0.4, -0.2) is 35.1 Å². The summed E-state index contributed by atoms with van der Waals surface area (Å²) in [5.41, 5.74) is 0. The molecule has 1 aromatic rings. The lowest BCUT2D eigenvalue weighted by atomic mass is 9.99. The van der Waals surface area contributed by atoms with Gasteiger partial charge in [-0.05, 0) is 47.8 Å². The first-order valence-electron chi connectivity index (χ1n) is 6.55. The second-order valence-corrected chi connectivity index (χ2v) is 6.45. The van der Waals surface area contributed by atoms with Gasteiger partial charge in [-0.3, -0.25) is 4.90 Å². The summed E-state index contributed by atoms with van der Waals surface area (Å²) >= 11 is 9.60. The van der Waals surface area contributed by atoms with Gasteiger partial charge in [0.2, 0.25) is 0 Å². The summed E-state index contributed by atoms with van der Waals surface area (Å²) < 4.78 is 0.920. The third-order valence-corrected chi connectivity index (χ3v) is 4.71. The van der Waals surface area contributed by atoms with E-state index in [0.717, 1.165) is 10.3 Å². The second kappa shape index (κ2) is 5.35. The van der Waals surface area contributed by atoms with E-state index in [4.69, 9.17) is 11.6 Å². The number of nitrogens with one attached hydrogen (secondary N) is 1. The van der Waals surface area contributed by atoms with Crippen molar-refractivity contribution in [2.45, 2.75) is 37.8 Å². The van der Waals surface area contributed by atoms with Crippen molar-refractivity contribution in [2.24, 2.45) is 0 Å². The number of anilines is 1. The van der Waals surface area contributed by atoms with E-state index in [-0.39, 0.29) is 0 Å². The van der Waals surface area contributed by atoms with Gasteiger partial charge in [-0.2, -0.15) is 0 Å². The average molecular weight is 331 g/mol. The second-order valence-electron chi connectivity index (χ2n) is 5.12. The van der Waals surface area contributed by atoms with Crippen molar-refractivity contribution in [3.05, 3.63) is 21.8 Å². The molecular weight excluding hydrogens is 314 g/mol. The third kappa shape index (κ3) is 2.51. The lowest BCUT2D eigenvalue weighted by Crippen LogP contribution is -2.41. The van der Waals surface area contributed by atoms with Crippen LogP contribution in [0.1, 0.15) is 25.7 Å². The molecule has 2 unspecified atom stereocenters. The monoisotopic (exact) mass is 329 g/mol. The van der Waals surface area contributed by atoms with Crippen molar-refractivity contribution in [1.29, 1.82) is 0 Å². The molecule has 3 rings (SSSR count). The van der Waals surface area contributed by atoms with Gasteiger partial charge in [-0.1, -0.05) is 18.0 Å². The molecule has 98 valence electrons. The first-order valence-corrected chi connectivity index (χ1v) is 7.73. The molecule has 2 aliphatic rings. The molecule has 0 aliphatic carbocycles. The van der Waals surface area contributed by atoms with Gasteiger partial charge in [0.15, 0.2) is 0 Å². The van der Waals surface area contributed by atoms with E-state index in [9.17, 15) is 0 Å². The summed E-state index contributed by atoms with van der Waals surface area (Å²) in [6.45, 7) is 2.46. The minimum atomic E-state index is 0.497. The van der Waals surface area contributed by atoms with Crippen LogP contribution < -0.4 is 5.32 Å².